The van der Waals surface area contributed by atoms with Gasteiger partial charge < -0.3 is 11.1 Å². The Kier molecular flexibility index (Phi) is 4.28. The molecule has 6 nitrogen and oxygen atoms in total. The molecule has 1 aliphatic rings. The number of piperazine rings is 1. The lowest BCUT2D eigenvalue weighted by atomic mass is 10.2. The molecule has 1 saturated heterocycles. The van der Waals surface area contributed by atoms with Crippen LogP contribution in [0.2, 0.25) is 0 Å². The first-order valence-corrected chi connectivity index (χ1v) is 6.93. The molecule has 0 aromatic heterocycles. The third-order valence-electron chi connectivity index (χ3n) is 2.84. The number of hydrogen-bond acceptors (Lipinski definition) is 4. The Hall–Kier alpha value is -0.660. The summed E-state index contributed by atoms with van der Waals surface area (Å²) in [7, 11) is -3.46. The van der Waals surface area contributed by atoms with Crippen molar-refractivity contribution in [1.29, 1.82) is 0 Å². The van der Waals surface area contributed by atoms with E-state index < -0.39 is 21.3 Å². The topological polar surface area (TPSA) is 92.5 Å². The Morgan fingerprint density at radius 3 is 2.75 bits per heavy atom. The molecule has 2 atom stereocenters. The normalized spacial score (nSPS) is 25.2. The molecule has 1 fully saturated rings. The highest BCUT2D eigenvalue weighted by molar-refractivity contribution is 7.89. The summed E-state index contributed by atoms with van der Waals surface area (Å²) in [6.45, 7) is 4.12. The van der Waals surface area contributed by atoms with E-state index in [1.54, 1.807) is 13.8 Å². The van der Waals surface area contributed by atoms with Crippen LogP contribution in [0.1, 0.15) is 20.3 Å². The number of nitrogens with zero attached hydrogens (tertiary/aromatic N) is 1. The van der Waals surface area contributed by atoms with Crippen LogP contribution in [0, 0.1) is 0 Å². The minimum atomic E-state index is -3.46. The van der Waals surface area contributed by atoms with Gasteiger partial charge in [-0.1, -0.05) is 6.92 Å². The number of carbonyl (C=O) groups is 1. The largest absolute Gasteiger partial charge is 0.353 e. The molecule has 0 spiro atoms. The van der Waals surface area contributed by atoms with Crippen LogP contribution in [0.15, 0.2) is 0 Å². The Morgan fingerprint density at radius 2 is 2.25 bits per heavy atom. The molecular formula is C9H19N3O3S. The second kappa shape index (κ2) is 5.11. The average molecular weight is 249 g/mol. The molecule has 0 saturated carbocycles. The number of hydrogen-bond donors (Lipinski definition) is 2. The maximum Gasteiger partial charge on any atom is 0.238 e. The van der Waals surface area contributed by atoms with Gasteiger partial charge in [-0.25, -0.2) is 8.42 Å². The molecule has 0 aromatic carbocycles. The van der Waals surface area contributed by atoms with Crippen LogP contribution >= 0.6 is 0 Å². The second-order valence-electron chi connectivity index (χ2n) is 3.92. The van der Waals surface area contributed by atoms with Crippen molar-refractivity contribution in [3.8, 4) is 0 Å². The summed E-state index contributed by atoms with van der Waals surface area (Å²) in [6.07, 6.45) is 0.475. The fourth-order valence-electron chi connectivity index (χ4n) is 1.74. The zero-order chi connectivity index (χ0) is 12.3. The van der Waals surface area contributed by atoms with Gasteiger partial charge in [0, 0.05) is 19.6 Å². The molecule has 0 radical (unpaired) electrons. The van der Waals surface area contributed by atoms with Crippen molar-refractivity contribution >= 4 is 15.9 Å². The van der Waals surface area contributed by atoms with E-state index in [0.717, 1.165) is 0 Å². The van der Waals surface area contributed by atoms with Gasteiger partial charge in [-0.2, -0.15) is 4.31 Å². The highest BCUT2D eigenvalue weighted by Crippen LogP contribution is 2.17. The Balaban J connectivity index is 2.97. The first-order valence-electron chi connectivity index (χ1n) is 5.43. The molecular weight excluding hydrogens is 230 g/mol. The van der Waals surface area contributed by atoms with E-state index in [-0.39, 0.29) is 12.5 Å². The van der Waals surface area contributed by atoms with Crippen molar-refractivity contribution in [2.24, 2.45) is 5.73 Å². The van der Waals surface area contributed by atoms with Gasteiger partial charge in [-0.15, -0.1) is 0 Å². The van der Waals surface area contributed by atoms with E-state index in [0.29, 0.717) is 19.5 Å². The fraction of sp³-hybridized carbons (Fsp3) is 0.889. The molecule has 0 aromatic rings. The zero-order valence-corrected chi connectivity index (χ0v) is 10.5. The van der Waals surface area contributed by atoms with Crippen molar-refractivity contribution < 1.29 is 13.2 Å². The summed E-state index contributed by atoms with van der Waals surface area (Å²) < 4.78 is 25.5. The lowest BCUT2D eigenvalue weighted by Gasteiger charge is -2.35. The first kappa shape index (κ1) is 13.4. The van der Waals surface area contributed by atoms with Gasteiger partial charge in [0.2, 0.25) is 15.9 Å². The average Bonchev–Trinajstić information content (AvgIpc) is 2.27. The highest BCUT2D eigenvalue weighted by atomic mass is 32.2. The predicted molar refractivity (Wildman–Crippen MR) is 61.2 cm³/mol. The Bertz CT molecular complexity index is 355. The Labute approximate surface area is 96.2 Å². The summed E-state index contributed by atoms with van der Waals surface area (Å²) in [4.78, 5) is 11.5. The molecule has 2 unspecified atom stereocenters. The van der Waals surface area contributed by atoms with Gasteiger partial charge in [0.15, 0.2) is 0 Å². The van der Waals surface area contributed by atoms with Crippen molar-refractivity contribution in [2.75, 3.05) is 19.6 Å². The predicted octanol–water partition coefficient (Wildman–Crippen LogP) is -1.13. The van der Waals surface area contributed by atoms with Crippen molar-refractivity contribution in [1.82, 2.24) is 9.62 Å². The third kappa shape index (κ3) is 2.36. The van der Waals surface area contributed by atoms with Crippen molar-refractivity contribution in [2.45, 2.75) is 31.6 Å². The molecule has 1 rings (SSSR count). The monoisotopic (exact) mass is 249 g/mol. The van der Waals surface area contributed by atoms with Gasteiger partial charge in [0.05, 0.1) is 5.25 Å². The second-order valence-corrected chi connectivity index (χ2v) is 6.22. The summed E-state index contributed by atoms with van der Waals surface area (Å²) in [5.74, 6) is -0.221. The van der Waals surface area contributed by atoms with E-state index in [1.807, 2.05) is 0 Å². The SMILES string of the molecule is CCC1C(=O)NCCN1S(=O)(=O)C(C)CN. The minimum Gasteiger partial charge on any atom is -0.353 e. The van der Waals surface area contributed by atoms with Crippen LogP contribution in [0.4, 0.5) is 0 Å². The smallest absolute Gasteiger partial charge is 0.238 e. The number of nitrogens with two attached hydrogens (primary N) is 1. The van der Waals surface area contributed by atoms with Crippen LogP contribution in [-0.4, -0.2) is 49.6 Å². The molecule has 1 aliphatic heterocycles. The maximum atomic E-state index is 12.1. The van der Waals surface area contributed by atoms with Gasteiger partial charge in [-0.3, -0.25) is 4.79 Å². The highest BCUT2D eigenvalue weighted by Gasteiger charge is 2.38. The molecule has 0 aliphatic carbocycles. The van der Waals surface area contributed by atoms with Crippen LogP contribution in [0.3, 0.4) is 0 Å². The number of amides is 1. The minimum absolute atomic E-state index is 0.0664. The Morgan fingerprint density at radius 1 is 1.62 bits per heavy atom. The maximum absolute atomic E-state index is 12.1. The van der Waals surface area contributed by atoms with Crippen LogP contribution in [-0.2, 0) is 14.8 Å². The molecule has 1 amide bonds. The van der Waals surface area contributed by atoms with Crippen LogP contribution in [0.5, 0.6) is 0 Å². The molecule has 3 N–H and O–H groups in total. The standard InChI is InChI=1S/C9H19N3O3S/c1-3-8-9(13)11-4-5-12(8)16(14,15)7(2)6-10/h7-8H,3-6,10H2,1-2H3,(H,11,13). The van der Waals surface area contributed by atoms with Gasteiger partial charge in [-0.05, 0) is 13.3 Å². The van der Waals surface area contributed by atoms with E-state index in [1.165, 1.54) is 4.31 Å². The summed E-state index contributed by atoms with van der Waals surface area (Å²) in [5.41, 5.74) is 5.38. The molecule has 16 heavy (non-hydrogen) atoms. The van der Waals surface area contributed by atoms with E-state index >= 15 is 0 Å². The quantitative estimate of drug-likeness (QED) is 0.659. The zero-order valence-electron chi connectivity index (χ0n) is 9.64. The molecule has 0 bridgehead atoms. The van der Waals surface area contributed by atoms with Crippen molar-refractivity contribution in [3.05, 3.63) is 0 Å². The molecule has 7 heteroatoms. The molecule has 1 heterocycles. The number of nitrogens with one attached hydrogen (secondary N) is 1. The lowest BCUT2D eigenvalue weighted by Crippen LogP contribution is -2.58. The molecule has 94 valence electrons. The van der Waals surface area contributed by atoms with E-state index in [2.05, 4.69) is 5.32 Å². The van der Waals surface area contributed by atoms with Gasteiger partial charge >= 0.3 is 0 Å². The summed E-state index contributed by atoms with van der Waals surface area (Å²) in [6, 6.07) is -0.590. The third-order valence-corrected chi connectivity index (χ3v) is 5.14. The van der Waals surface area contributed by atoms with E-state index in [4.69, 9.17) is 5.73 Å². The number of sulfonamides is 1. The summed E-state index contributed by atoms with van der Waals surface area (Å²) >= 11 is 0. The van der Waals surface area contributed by atoms with Crippen molar-refractivity contribution in [3.63, 3.8) is 0 Å². The van der Waals surface area contributed by atoms with E-state index in [9.17, 15) is 13.2 Å². The van der Waals surface area contributed by atoms with Gasteiger partial charge in [0.25, 0.3) is 0 Å². The van der Waals surface area contributed by atoms with Crippen LogP contribution < -0.4 is 11.1 Å². The summed E-state index contributed by atoms with van der Waals surface area (Å²) in [5, 5.41) is 2.02. The lowest BCUT2D eigenvalue weighted by molar-refractivity contribution is -0.126. The van der Waals surface area contributed by atoms with Gasteiger partial charge in [0.1, 0.15) is 6.04 Å². The fourth-order valence-corrected chi connectivity index (χ4v) is 3.39. The van der Waals surface area contributed by atoms with Crippen LogP contribution in [0.25, 0.3) is 0 Å². The number of rotatable bonds is 4. The number of carbonyl (C=O) groups excluding carboxylic acids is 1. The first-order chi connectivity index (χ1) is 7.45.